The van der Waals surface area contributed by atoms with Gasteiger partial charge in [-0.25, -0.2) is 14.4 Å². The van der Waals surface area contributed by atoms with Crippen LogP contribution in [0.5, 0.6) is 0 Å². The average molecular weight is 379 g/mol. The molecular weight excluding hydrogens is 357 g/mol. The van der Waals surface area contributed by atoms with Gasteiger partial charge in [-0.1, -0.05) is 24.6 Å². The lowest BCUT2D eigenvalue weighted by Gasteiger charge is -2.18. The smallest absolute Gasteiger partial charge is 0.259 e. The van der Waals surface area contributed by atoms with Crippen LogP contribution in [-0.4, -0.2) is 32.6 Å². The largest absolute Gasteiger partial charge is 0.295 e. The molecule has 1 saturated carbocycles. The minimum atomic E-state index is -0.419. The lowest BCUT2D eigenvalue weighted by Crippen LogP contribution is -2.29. The Morgan fingerprint density at radius 1 is 1.14 bits per heavy atom. The number of aromatic nitrogens is 3. The highest BCUT2D eigenvalue weighted by Gasteiger charge is 2.36. The fourth-order valence-corrected chi connectivity index (χ4v) is 4.64. The van der Waals surface area contributed by atoms with E-state index in [-0.39, 0.29) is 11.1 Å². The summed E-state index contributed by atoms with van der Waals surface area (Å²) in [5.74, 6) is 1.60. The first kappa shape index (κ1) is 17.3. The fraction of sp³-hybridized carbons (Fsp3) is 0.381. The zero-order valence-electron chi connectivity index (χ0n) is 15.7. The van der Waals surface area contributed by atoms with E-state index in [9.17, 15) is 9.18 Å². The Labute approximate surface area is 162 Å². The molecule has 2 aromatic heterocycles. The minimum absolute atomic E-state index is 0.280. The summed E-state index contributed by atoms with van der Waals surface area (Å²) in [5, 5.41) is 2.88. The van der Waals surface area contributed by atoms with Crippen LogP contribution in [0.1, 0.15) is 19.3 Å². The van der Waals surface area contributed by atoms with Crippen molar-refractivity contribution in [3.63, 3.8) is 0 Å². The maximum absolute atomic E-state index is 14.2. The van der Waals surface area contributed by atoms with Crippen molar-refractivity contribution in [3.05, 3.63) is 52.7 Å². The molecule has 144 valence electrons. The Morgan fingerprint density at radius 3 is 2.64 bits per heavy atom. The van der Waals surface area contributed by atoms with Gasteiger partial charge < -0.3 is 0 Å². The summed E-state index contributed by atoms with van der Waals surface area (Å²) in [7, 11) is 1.66. The van der Waals surface area contributed by atoms with E-state index in [2.05, 4.69) is 20.4 Å². The molecule has 0 amide bonds. The molecule has 2 unspecified atom stereocenters. The third kappa shape index (κ3) is 2.86. The predicted molar refractivity (Wildman–Crippen MR) is 106 cm³/mol. The number of fused-ring (bicyclic) bond motifs is 2. The first-order valence-corrected chi connectivity index (χ1v) is 9.73. The number of nitrogens with zero attached hydrogens (tertiary/aromatic N) is 4. The molecule has 2 aliphatic rings. The quantitative estimate of drug-likeness (QED) is 0.757. The molecule has 3 aromatic rings. The lowest BCUT2D eigenvalue weighted by atomic mass is 10.0. The molecule has 7 heteroatoms. The zero-order chi connectivity index (χ0) is 19.3. The van der Waals surface area contributed by atoms with E-state index < -0.39 is 5.82 Å². The predicted octanol–water partition coefficient (Wildman–Crippen LogP) is 3.19. The van der Waals surface area contributed by atoms with Crippen molar-refractivity contribution in [3.8, 4) is 11.1 Å². The van der Waals surface area contributed by atoms with Gasteiger partial charge in [-0.2, -0.15) is 4.98 Å². The number of anilines is 1. The molecular formula is C21H22FN5O. The Hall–Kier alpha value is -2.80. The van der Waals surface area contributed by atoms with Crippen LogP contribution < -0.4 is 11.0 Å². The fourth-order valence-electron chi connectivity index (χ4n) is 4.64. The van der Waals surface area contributed by atoms with Gasteiger partial charge in [-0.15, -0.1) is 0 Å². The van der Waals surface area contributed by atoms with Gasteiger partial charge in [-0.05, 0) is 36.8 Å². The number of nitrogens with one attached hydrogen (secondary N) is 1. The molecule has 5 rings (SSSR count). The molecule has 28 heavy (non-hydrogen) atoms. The molecule has 1 saturated heterocycles. The first-order chi connectivity index (χ1) is 13.6. The molecule has 1 aromatic carbocycles. The van der Waals surface area contributed by atoms with Gasteiger partial charge in [0.2, 0.25) is 5.95 Å². The Bertz CT molecular complexity index is 1100. The molecule has 0 bridgehead atoms. The van der Waals surface area contributed by atoms with Crippen molar-refractivity contribution in [1.29, 1.82) is 0 Å². The SMILES string of the molecule is Cn1c(=O)c(-c2ccccc2F)cc2cnc(NN3CC4CCCC4C3)nc21. The van der Waals surface area contributed by atoms with E-state index in [1.165, 1.54) is 29.9 Å². The molecule has 0 radical (unpaired) electrons. The van der Waals surface area contributed by atoms with E-state index in [4.69, 9.17) is 0 Å². The number of hydrazine groups is 1. The Morgan fingerprint density at radius 2 is 1.89 bits per heavy atom. The summed E-state index contributed by atoms with van der Waals surface area (Å²) in [6.07, 6.45) is 5.62. The highest BCUT2D eigenvalue weighted by atomic mass is 19.1. The van der Waals surface area contributed by atoms with Gasteiger partial charge in [-0.3, -0.25) is 14.8 Å². The highest BCUT2D eigenvalue weighted by molar-refractivity contribution is 5.81. The van der Waals surface area contributed by atoms with E-state index >= 15 is 0 Å². The summed E-state index contributed by atoms with van der Waals surface area (Å²) in [6, 6.07) is 7.96. The van der Waals surface area contributed by atoms with Gasteiger partial charge in [0.15, 0.2) is 0 Å². The number of hydrogen-bond donors (Lipinski definition) is 1. The van der Waals surface area contributed by atoms with Crippen LogP contribution in [-0.2, 0) is 7.05 Å². The number of hydrogen-bond acceptors (Lipinski definition) is 5. The summed E-state index contributed by atoms with van der Waals surface area (Å²) < 4.78 is 15.6. The first-order valence-electron chi connectivity index (χ1n) is 9.73. The summed E-state index contributed by atoms with van der Waals surface area (Å²) in [4.78, 5) is 21.8. The second-order valence-electron chi connectivity index (χ2n) is 7.84. The molecule has 1 N–H and O–H groups in total. The Balaban J connectivity index is 1.49. The Kier molecular flexibility index (Phi) is 4.12. The van der Waals surface area contributed by atoms with Crippen LogP contribution in [0.2, 0.25) is 0 Å². The molecule has 0 spiro atoms. The maximum Gasteiger partial charge on any atom is 0.259 e. The third-order valence-corrected chi connectivity index (χ3v) is 6.10. The van der Waals surface area contributed by atoms with Crippen molar-refractivity contribution in [2.24, 2.45) is 18.9 Å². The monoisotopic (exact) mass is 379 g/mol. The van der Waals surface area contributed by atoms with Crippen LogP contribution in [0.15, 0.2) is 41.3 Å². The van der Waals surface area contributed by atoms with E-state index in [1.54, 1.807) is 37.5 Å². The van der Waals surface area contributed by atoms with Crippen LogP contribution >= 0.6 is 0 Å². The van der Waals surface area contributed by atoms with Crippen LogP contribution in [0.3, 0.4) is 0 Å². The van der Waals surface area contributed by atoms with E-state index in [0.29, 0.717) is 22.5 Å². The van der Waals surface area contributed by atoms with Gasteiger partial charge in [0.1, 0.15) is 11.5 Å². The second-order valence-corrected chi connectivity index (χ2v) is 7.84. The summed E-state index contributed by atoms with van der Waals surface area (Å²) in [6.45, 7) is 2.02. The minimum Gasteiger partial charge on any atom is -0.295 e. The number of rotatable bonds is 3. The maximum atomic E-state index is 14.2. The van der Waals surface area contributed by atoms with Crippen molar-refractivity contribution in [2.45, 2.75) is 19.3 Å². The second kappa shape index (κ2) is 6.67. The molecule has 3 heterocycles. The molecule has 6 nitrogen and oxygen atoms in total. The van der Waals surface area contributed by atoms with Crippen molar-refractivity contribution >= 4 is 17.0 Å². The normalized spacial score (nSPS) is 21.9. The summed E-state index contributed by atoms with van der Waals surface area (Å²) >= 11 is 0. The number of halogens is 1. The molecule has 1 aliphatic carbocycles. The topological polar surface area (TPSA) is 63.1 Å². The van der Waals surface area contributed by atoms with Gasteiger partial charge in [0, 0.05) is 37.3 Å². The van der Waals surface area contributed by atoms with Gasteiger partial charge in [0.25, 0.3) is 5.56 Å². The highest BCUT2D eigenvalue weighted by Crippen LogP contribution is 2.37. The van der Waals surface area contributed by atoms with Gasteiger partial charge >= 0.3 is 0 Å². The zero-order valence-corrected chi connectivity index (χ0v) is 15.7. The van der Waals surface area contributed by atoms with Crippen LogP contribution in [0.25, 0.3) is 22.2 Å². The average Bonchev–Trinajstić information content (AvgIpc) is 3.27. The molecule has 1 aliphatic heterocycles. The molecule has 2 atom stereocenters. The number of benzene rings is 1. The molecule has 2 fully saturated rings. The standard InChI is InChI=1S/C21H22FN5O/c1-26-19-15(9-17(20(26)28)16-7-2-3-8-18(16)22)10-23-21(24-19)25-27-11-13-5-4-6-14(13)12-27/h2-3,7-10,13-14H,4-6,11-12H2,1H3,(H,23,24,25). The summed E-state index contributed by atoms with van der Waals surface area (Å²) in [5.41, 5.74) is 4.15. The lowest BCUT2D eigenvalue weighted by molar-refractivity contribution is 0.369. The van der Waals surface area contributed by atoms with Crippen LogP contribution in [0.4, 0.5) is 10.3 Å². The van der Waals surface area contributed by atoms with Crippen LogP contribution in [0, 0.1) is 17.7 Å². The van der Waals surface area contributed by atoms with E-state index in [0.717, 1.165) is 24.9 Å². The van der Waals surface area contributed by atoms with Crippen molar-refractivity contribution in [2.75, 3.05) is 18.5 Å². The number of pyridine rings is 1. The number of aryl methyl sites for hydroxylation is 1. The third-order valence-electron chi connectivity index (χ3n) is 6.10. The van der Waals surface area contributed by atoms with Crippen molar-refractivity contribution < 1.29 is 4.39 Å². The van der Waals surface area contributed by atoms with E-state index in [1.807, 2.05) is 0 Å². The van der Waals surface area contributed by atoms with Gasteiger partial charge in [0.05, 0.1) is 5.56 Å². The van der Waals surface area contributed by atoms with Crippen molar-refractivity contribution in [1.82, 2.24) is 19.5 Å².